The molecule has 3 heterocycles. The van der Waals surface area contributed by atoms with Crippen LogP contribution in [-0.4, -0.2) is 103 Å². The van der Waals surface area contributed by atoms with E-state index in [-0.39, 0.29) is 19.1 Å². The van der Waals surface area contributed by atoms with Crippen molar-refractivity contribution in [3.63, 3.8) is 0 Å². The SMILES string of the molecule is CC(C)(C)[C@H](NC(=O)OC1C[C@@H]2C[C@@H]2C1)C(=O)N1CC(Oc2cc(C3CC3)nc3c(Cl)c(OCCN4CCOCC4)ccc23)C[C@H]1C(N)=O. The molecule has 0 spiro atoms. The number of amides is 3. The van der Waals surface area contributed by atoms with Gasteiger partial charge in [-0.1, -0.05) is 32.4 Å². The zero-order valence-electron chi connectivity index (χ0n) is 28.6. The second kappa shape index (κ2) is 13.8. The topological polar surface area (TPSA) is 146 Å². The van der Waals surface area contributed by atoms with Crippen molar-refractivity contribution in [3.8, 4) is 11.5 Å². The lowest BCUT2D eigenvalue weighted by Crippen LogP contribution is -2.57. The molecule has 6 atom stereocenters. The van der Waals surface area contributed by atoms with Gasteiger partial charge in [0.15, 0.2) is 0 Å². The summed E-state index contributed by atoms with van der Waals surface area (Å²) in [5.41, 5.74) is 6.68. The predicted octanol–water partition coefficient (Wildman–Crippen LogP) is 4.25. The van der Waals surface area contributed by atoms with E-state index in [1.165, 1.54) is 11.3 Å². The first-order valence-electron chi connectivity index (χ1n) is 17.7. The van der Waals surface area contributed by atoms with Gasteiger partial charge in [0.1, 0.15) is 47.4 Å². The molecule has 3 N–H and O–H groups in total. The van der Waals surface area contributed by atoms with E-state index >= 15 is 0 Å². The Bertz CT molecular complexity index is 1580. The van der Waals surface area contributed by atoms with Gasteiger partial charge in [-0.3, -0.25) is 19.5 Å². The van der Waals surface area contributed by atoms with Crippen molar-refractivity contribution in [1.82, 2.24) is 20.1 Å². The van der Waals surface area contributed by atoms with Crippen molar-refractivity contribution >= 4 is 40.4 Å². The molecule has 2 saturated heterocycles. The number of primary amides is 1. The molecule has 2 aliphatic heterocycles. The number of aromatic nitrogens is 1. The molecule has 1 aromatic heterocycles. The first-order valence-corrected chi connectivity index (χ1v) is 18.1. The van der Waals surface area contributed by atoms with Crippen LogP contribution in [0, 0.1) is 17.3 Å². The minimum Gasteiger partial charge on any atom is -0.491 e. The average molecular weight is 698 g/mol. The summed E-state index contributed by atoms with van der Waals surface area (Å²) in [6.07, 6.45) is 3.99. The number of rotatable bonds is 11. The minimum atomic E-state index is -0.930. The summed E-state index contributed by atoms with van der Waals surface area (Å²) in [5.74, 6) is 1.76. The zero-order valence-corrected chi connectivity index (χ0v) is 29.4. The first kappa shape index (κ1) is 34.1. The monoisotopic (exact) mass is 697 g/mol. The van der Waals surface area contributed by atoms with E-state index in [9.17, 15) is 14.4 Å². The predicted molar refractivity (Wildman–Crippen MR) is 183 cm³/mol. The molecule has 49 heavy (non-hydrogen) atoms. The summed E-state index contributed by atoms with van der Waals surface area (Å²) in [6, 6.07) is 3.85. The van der Waals surface area contributed by atoms with Gasteiger partial charge in [0, 0.05) is 49.1 Å². The maximum absolute atomic E-state index is 14.1. The third-order valence-electron chi connectivity index (χ3n) is 10.6. The molecular weight excluding hydrogens is 650 g/mol. The Hall–Kier alpha value is -3.35. The Morgan fingerprint density at radius 1 is 1.06 bits per heavy atom. The Kier molecular flexibility index (Phi) is 9.58. The zero-order chi connectivity index (χ0) is 34.4. The van der Waals surface area contributed by atoms with Crippen LogP contribution in [0.25, 0.3) is 10.9 Å². The van der Waals surface area contributed by atoms with Crippen molar-refractivity contribution in [2.24, 2.45) is 23.0 Å². The van der Waals surface area contributed by atoms with Gasteiger partial charge in [-0.25, -0.2) is 4.79 Å². The van der Waals surface area contributed by atoms with Crippen LogP contribution in [0.15, 0.2) is 18.2 Å². The molecule has 5 aliphatic rings. The lowest BCUT2D eigenvalue weighted by molar-refractivity contribution is -0.141. The van der Waals surface area contributed by atoms with E-state index in [4.69, 9.17) is 41.3 Å². The molecule has 2 unspecified atom stereocenters. The molecule has 3 saturated carbocycles. The molecular formula is C36H48ClN5O7. The number of morpholine rings is 1. The lowest BCUT2D eigenvalue weighted by atomic mass is 9.85. The quantitative estimate of drug-likeness (QED) is 0.352. The third-order valence-corrected chi connectivity index (χ3v) is 11.0. The van der Waals surface area contributed by atoms with Crippen molar-refractivity contribution in [1.29, 1.82) is 0 Å². The van der Waals surface area contributed by atoms with Crippen LogP contribution in [0.2, 0.25) is 5.02 Å². The van der Waals surface area contributed by atoms with Gasteiger partial charge in [0.2, 0.25) is 11.8 Å². The van der Waals surface area contributed by atoms with Crippen molar-refractivity contribution < 1.29 is 33.3 Å². The van der Waals surface area contributed by atoms with Crippen molar-refractivity contribution in [2.75, 3.05) is 46.0 Å². The molecule has 3 amide bonds. The number of carbonyl (C=O) groups excluding carboxylic acids is 3. The number of hydrogen-bond acceptors (Lipinski definition) is 9. The fourth-order valence-corrected chi connectivity index (χ4v) is 7.84. The van der Waals surface area contributed by atoms with E-state index < -0.39 is 41.5 Å². The minimum absolute atomic E-state index is 0.121. The van der Waals surface area contributed by atoms with Gasteiger partial charge in [-0.15, -0.1) is 0 Å². The maximum atomic E-state index is 14.1. The van der Waals surface area contributed by atoms with E-state index in [1.54, 1.807) is 0 Å². The van der Waals surface area contributed by atoms with Crippen LogP contribution in [0.5, 0.6) is 11.5 Å². The number of nitrogens with zero attached hydrogens (tertiary/aromatic N) is 3. The Morgan fingerprint density at radius 2 is 1.80 bits per heavy atom. The molecule has 7 rings (SSSR count). The Morgan fingerprint density at radius 3 is 2.47 bits per heavy atom. The first-order chi connectivity index (χ1) is 23.4. The van der Waals surface area contributed by atoms with Gasteiger partial charge in [0.25, 0.3) is 0 Å². The van der Waals surface area contributed by atoms with Gasteiger partial charge in [0.05, 0.1) is 25.3 Å². The van der Waals surface area contributed by atoms with Gasteiger partial charge < -0.3 is 34.9 Å². The largest absolute Gasteiger partial charge is 0.491 e. The molecule has 5 fully saturated rings. The van der Waals surface area contributed by atoms with Crippen molar-refractivity contribution in [3.05, 3.63) is 28.9 Å². The summed E-state index contributed by atoms with van der Waals surface area (Å²) < 4.78 is 23.8. The molecule has 13 heteroatoms. The number of fused-ring (bicyclic) bond motifs is 2. The number of nitrogens with one attached hydrogen (secondary N) is 1. The maximum Gasteiger partial charge on any atom is 0.408 e. The van der Waals surface area contributed by atoms with Crippen LogP contribution in [0.4, 0.5) is 4.79 Å². The van der Waals surface area contributed by atoms with E-state index in [2.05, 4.69) is 10.2 Å². The molecule has 266 valence electrons. The van der Waals surface area contributed by atoms with Crippen LogP contribution in [0.3, 0.4) is 0 Å². The number of nitrogens with two attached hydrogens (primary N) is 1. The normalized spacial score (nSPS) is 27.4. The molecule has 1 aromatic carbocycles. The molecule has 3 aliphatic carbocycles. The Balaban J connectivity index is 1.07. The van der Waals surface area contributed by atoms with Crippen LogP contribution in [-0.2, 0) is 19.1 Å². The summed E-state index contributed by atoms with van der Waals surface area (Å²) in [4.78, 5) is 48.5. The molecule has 0 radical (unpaired) electrons. The average Bonchev–Trinajstić information content (AvgIpc) is 3.97. The van der Waals surface area contributed by atoms with Crippen molar-refractivity contribution in [2.45, 2.75) is 89.5 Å². The summed E-state index contributed by atoms with van der Waals surface area (Å²) in [7, 11) is 0. The van der Waals surface area contributed by atoms with E-state index in [1.807, 2.05) is 39.0 Å². The molecule has 12 nitrogen and oxygen atoms in total. The van der Waals surface area contributed by atoms with Gasteiger partial charge in [-0.2, -0.15) is 0 Å². The van der Waals surface area contributed by atoms with Crippen LogP contribution in [0.1, 0.15) is 70.9 Å². The number of carbonyl (C=O) groups is 3. The summed E-state index contributed by atoms with van der Waals surface area (Å²) in [6.45, 7) is 10.2. The third kappa shape index (κ3) is 7.71. The number of pyridine rings is 1. The molecule has 2 aromatic rings. The summed E-state index contributed by atoms with van der Waals surface area (Å²) >= 11 is 6.92. The summed E-state index contributed by atoms with van der Waals surface area (Å²) in [5, 5.41) is 3.96. The highest BCUT2D eigenvalue weighted by atomic mass is 35.5. The van der Waals surface area contributed by atoms with E-state index in [0.29, 0.717) is 46.4 Å². The second-order valence-electron chi connectivity index (χ2n) is 15.5. The fourth-order valence-electron chi connectivity index (χ4n) is 7.58. The number of halogens is 1. The van der Waals surface area contributed by atoms with Gasteiger partial charge in [-0.05, 0) is 61.5 Å². The lowest BCUT2D eigenvalue weighted by Gasteiger charge is -2.35. The number of benzene rings is 1. The number of likely N-dealkylation sites (tertiary alicyclic amines) is 1. The second-order valence-corrected chi connectivity index (χ2v) is 15.9. The highest BCUT2D eigenvalue weighted by Gasteiger charge is 2.48. The number of alkyl carbamates (subject to hydrolysis) is 1. The van der Waals surface area contributed by atoms with Crippen LogP contribution < -0.4 is 20.5 Å². The van der Waals surface area contributed by atoms with E-state index in [0.717, 1.165) is 69.6 Å². The fraction of sp³-hybridized carbons (Fsp3) is 0.667. The standard InChI is InChI=1S/C36H48ClN5O7/c1-36(2,3)32(40-35(45)49-23-15-21-14-22(21)16-23)34(44)42-19-24(17-27(42)33(38)43)48-29-18-26(20-4-5-20)39-31-25(29)6-7-28(30(31)37)47-13-10-41-8-11-46-12-9-41/h6-7,18,20-24,27,32H,4-5,8-17,19H2,1-3H3,(H2,38,43)(H,40,45)/t21-,22+,23?,24?,27-,32+/m0/s1. The smallest absolute Gasteiger partial charge is 0.408 e. The van der Waals surface area contributed by atoms with Gasteiger partial charge >= 0.3 is 6.09 Å². The highest BCUT2D eigenvalue weighted by molar-refractivity contribution is 6.36. The highest BCUT2D eigenvalue weighted by Crippen LogP contribution is 2.52. The molecule has 0 bridgehead atoms. The Labute approximate surface area is 292 Å². The number of hydrogen-bond donors (Lipinski definition) is 2. The number of ether oxygens (including phenoxy) is 4. The van der Waals surface area contributed by atoms with Crippen LogP contribution >= 0.6 is 11.6 Å².